The first-order valence-corrected chi connectivity index (χ1v) is 5.49. The van der Waals surface area contributed by atoms with E-state index in [-0.39, 0.29) is 0 Å². The summed E-state index contributed by atoms with van der Waals surface area (Å²) in [4.78, 5) is 0. The van der Waals surface area contributed by atoms with E-state index in [0.717, 1.165) is 26.8 Å². The molecule has 0 saturated heterocycles. The number of para-hydroxylation sites is 1. The van der Waals surface area contributed by atoms with Gasteiger partial charge in [-0.05, 0) is 22.0 Å². The summed E-state index contributed by atoms with van der Waals surface area (Å²) in [6.45, 7) is 0.509. The molecule has 0 radical (unpaired) electrons. The molecule has 15 heavy (non-hydrogen) atoms. The molecule has 2 rings (SSSR count). The number of aromatic nitrogens is 1. The van der Waals surface area contributed by atoms with Crippen molar-refractivity contribution >= 4 is 26.8 Å². The second kappa shape index (κ2) is 3.87. The fourth-order valence-electron chi connectivity index (χ4n) is 1.87. The van der Waals surface area contributed by atoms with E-state index in [1.807, 2.05) is 19.2 Å². The summed E-state index contributed by atoms with van der Waals surface area (Å²) in [5.41, 5.74) is 7.87. The van der Waals surface area contributed by atoms with Crippen molar-refractivity contribution in [2.75, 3.05) is 7.11 Å². The van der Waals surface area contributed by atoms with Crippen LogP contribution in [0.2, 0.25) is 0 Å². The lowest BCUT2D eigenvalue weighted by molar-refractivity contribution is 0.417. The zero-order chi connectivity index (χ0) is 11.0. The van der Waals surface area contributed by atoms with E-state index in [1.54, 1.807) is 7.11 Å². The second-order valence-corrected chi connectivity index (χ2v) is 4.17. The highest BCUT2D eigenvalue weighted by atomic mass is 79.9. The molecule has 0 spiro atoms. The lowest BCUT2D eigenvalue weighted by Crippen LogP contribution is -2.03. The number of hydrogen-bond donors (Lipinski definition) is 1. The Labute approximate surface area is 96.9 Å². The van der Waals surface area contributed by atoms with Crippen LogP contribution in [0.4, 0.5) is 0 Å². The molecule has 2 aromatic rings. The SMILES string of the molecule is COc1cccc2c(Br)c(CN)n(C)c12. The van der Waals surface area contributed by atoms with Gasteiger partial charge >= 0.3 is 0 Å². The van der Waals surface area contributed by atoms with Crippen LogP contribution in [0, 0.1) is 0 Å². The molecule has 0 saturated carbocycles. The number of halogens is 1. The topological polar surface area (TPSA) is 40.2 Å². The van der Waals surface area contributed by atoms with Gasteiger partial charge in [0.05, 0.1) is 12.6 Å². The van der Waals surface area contributed by atoms with Gasteiger partial charge in [0, 0.05) is 29.1 Å². The number of hydrogen-bond acceptors (Lipinski definition) is 2. The second-order valence-electron chi connectivity index (χ2n) is 3.38. The Morgan fingerprint density at radius 2 is 2.20 bits per heavy atom. The Kier molecular flexibility index (Phi) is 2.71. The molecule has 0 amide bonds. The zero-order valence-corrected chi connectivity index (χ0v) is 10.3. The molecule has 2 N–H and O–H groups in total. The van der Waals surface area contributed by atoms with Gasteiger partial charge in [-0.3, -0.25) is 0 Å². The third kappa shape index (κ3) is 1.44. The lowest BCUT2D eigenvalue weighted by atomic mass is 10.2. The number of rotatable bonds is 2. The summed E-state index contributed by atoms with van der Waals surface area (Å²) in [6.07, 6.45) is 0. The van der Waals surface area contributed by atoms with E-state index < -0.39 is 0 Å². The summed E-state index contributed by atoms with van der Waals surface area (Å²) in [5, 5.41) is 1.14. The molecule has 0 aliphatic carbocycles. The van der Waals surface area contributed by atoms with Crippen molar-refractivity contribution < 1.29 is 4.74 Å². The van der Waals surface area contributed by atoms with Crippen LogP contribution in [0.15, 0.2) is 22.7 Å². The summed E-state index contributed by atoms with van der Waals surface area (Å²) in [7, 11) is 3.68. The van der Waals surface area contributed by atoms with Crippen LogP contribution < -0.4 is 10.5 Å². The number of nitrogens with two attached hydrogens (primary N) is 1. The van der Waals surface area contributed by atoms with Gasteiger partial charge < -0.3 is 15.0 Å². The Balaban J connectivity index is 2.88. The average Bonchev–Trinajstić information content (AvgIpc) is 2.51. The van der Waals surface area contributed by atoms with Crippen LogP contribution in [-0.2, 0) is 13.6 Å². The largest absolute Gasteiger partial charge is 0.495 e. The zero-order valence-electron chi connectivity index (χ0n) is 8.75. The van der Waals surface area contributed by atoms with E-state index in [4.69, 9.17) is 10.5 Å². The van der Waals surface area contributed by atoms with Crippen LogP contribution in [0.3, 0.4) is 0 Å². The molecule has 80 valence electrons. The molecule has 4 heteroatoms. The third-order valence-corrected chi connectivity index (χ3v) is 3.53. The summed E-state index contributed by atoms with van der Waals surface area (Å²) < 4.78 is 8.46. The van der Waals surface area contributed by atoms with Crippen molar-refractivity contribution in [1.82, 2.24) is 4.57 Å². The van der Waals surface area contributed by atoms with E-state index in [2.05, 4.69) is 26.6 Å². The molecule has 1 aromatic carbocycles. The number of aryl methyl sites for hydroxylation is 1. The Bertz CT molecular complexity index is 505. The highest BCUT2D eigenvalue weighted by Gasteiger charge is 2.14. The molecular formula is C11H13BrN2O. The minimum Gasteiger partial charge on any atom is -0.495 e. The maximum Gasteiger partial charge on any atom is 0.143 e. The minimum absolute atomic E-state index is 0.509. The van der Waals surface area contributed by atoms with Crippen LogP contribution in [0.5, 0.6) is 5.75 Å². The van der Waals surface area contributed by atoms with E-state index in [9.17, 15) is 0 Å². The van der Waals surface area contributed by atoms with Gasteiger partial charge in [-0.1, -0.05) is 12.1 Å². The molecule has 0 bridgehead atoms. The van der Waals surface area contributed by atoms with Gasteiger partial charge in [-0.2, -0.15) is 0 Å². The van der Waals surface area contributed by atoms with Crippen molar-refractivity contribution in [1.29, 1.82) is 0 Å². The molecule has 1 aromatic heterocycles. The van der Waals surface area contributed by atoms with E-state index in [1.165, 1.54) is 0 Å². The fourth-order valence-corrected chi connectivity index (χ4v) is 2.62. The monoisotopic (exact) mass is 268 g/mol. The fraction of sp³-hybridized carbons (Fsp3) is 0.273. The molecule has 0 unspecified atom stereocenters. The number of nitrogens with zero attached hydrogens (tertiary/aromatic N) is 1. The van der Waals surface area contributed by atoms with Crippen molar-refractivity contribution in [3.63, 3.8) is 0 Å². The quantitative estimate of drug-likeness (QED) is 0.909. The van der Waals surface area contributed by atoms with Crippen LogP contribution in [-0.4, -0.2) is 11.7 Å². The van der Waals surface area contributed by atoms with Gasteiger partial charge in [-0.25, -0.2) is 0 Å². The van der Waals surface area contributed by atoms with E-state index in [0.29, 0.717) is 6.54 Å². The standard InChI is InChI=1S/C11H13BrN2O/c1-14-8(6-13)10(12)7-4-3-5-9(15-2)11(7)14/h3-5H,6,13H2,1-2H3. The van der Waals surface area contributed by atoms with Gasteiger partial charge in [0.1, 0.15) is 5.75 Å². The van der Waals surface area contributed by atoms with Gasteiger partial charge in [-0.15, -0.1) is 0 Å². The molecule has 1 heterocycles. The number of benzene rings is 1. The lowest BCUT2D eigenvalue weighted by Gasteiger charge is -2.05. The van der Waals surface area contributed by atoms with Crippen molar-refractivity contribution in [2.24, 2.45) is 12.8 Å². The highest BCUT2D eigenvalue weighted by Crippen LogP contribution is 2.35. The summed E-state index contributed by atoms with van der Waals surface area (Å²) >= 11 is 3.57. The third-order valence-electron chi connectivity index (χ3n) is 2.64. The molecule has 0 atom stereocenters. The highest BCUT2D eigenvalue weighted by molar-refractivity contribution is 9.10. The average molecular weight is 269 g/mol. The minimum atomic E-state index is 0.509. The smallest absolute Gasteiger partial charge is 0.143 e. The summed E-state index contributed by atoms with van der Waals surface area (Å²) in [5.74, 6) is 0.871. The Morgan fingerprint density at radius 3 is 2.80 bits per heavy atom. The Hall–Kier alpha value is -1.00. The first-order valence-electron chi connectivity index (χ1n) is 4.70. The van der Waals surface area contributed by atoms with Crippen molar-refractivity contribution in [3.05, 3.63) is 28.4 Å². The van der Waals surface area contributed by atoms with Crippen LogP contribution >= 0.6 is 15.9 Å². The van der Waals surface area contributed by atoms with E-state index >= 15 is 0 Å². The van der Waals surface area contributed by atoms with Gasteiger partial charge in [0.25, 0.3) is 0 Å². The number of fused-ring (bicyclic) bond motifs is 1. The van der Waals surface area contributed by atoms with Gasteiger partial charge in [0.2, 0.25) is 0 Å². The maximum absolute atomic E-state index is 5.72. The normalized spacial score (nSPS) is 10.9. The molecule has 0 fully saturated rings. The predicted octanol–water partition coefficient (Wildman–Crippen LogP) is 2.41. The molecule has 0 aliphatic rings. The van der Waals surface area contributed by atoms with Crippen LogP contribution in [0.25, 0.3) is 10.9 Å². The predicted molar refractivity (Wildman–Crippen MR) is 65.1 cm³/mol. The van der Waals surface area contributed by atoms with Crippen molar-refractivity contribution in [3.8, 4) is 5.75 Å². The molecular weight excluding hydrogens is 256 g/mol. The number of methoxy groups -OCH3 is 1. The molecule has 0 aliphatic heterocycles. The first-order chi connectivity index (χ1) is 7.20. The van der Waals surface area contributed by atoms with Gasteiger partial charge in [0.15, 0.2) is 0 Å². The molecule has 3 nitrogen and oxygen atoms in total. The Morgan fingerprint density at radius 1 is 1.47 bits per heavy atom. The van der Waals surface area contributed by atoms with Crippen molar-refractivity contribution in [2.45, 2.75) is 6.54 Å². The maximum atomic E-state index is 5.72. The summed E-state index contributed by atoms with van der Waals surface area (Å²) in [6, 6.07) is 5.99. The van der Waals surface area contributed by atoms with Crippen LogP contribution in [0.1, 0.15) is 5.69 Å². The first kappa shape index (κ1) is 10.5. The number of ether oxygens (including phenoxy) is 1.